The number of piperidine rings is 1. The molecule has 1 aliphatic heterocycles. The molecule has 2 N–H and O–H groups in total. The van der Waals surface area contributed by atoms with E-state index in [1.807, 2.05) is 4.90 Å². The maximum Gasteiger partial charge on any atom is 0.293 e. The van der Waals surface area contributed by atoms with E-state index in [0.29, 0.717) is 31.5 Å². The first kappa shape index (κ1) is 15.4. The van der Waals surface area contributed by atoms with E-state index in [1.165, 1.54) is 6.07 Å². The normalized spacial score (nSPS) is 16.7. The van der Waals surface area contributed by atoms with Crippen LogP contribution in [0.5, 0.6) is 0 Å². The fourth-order valence-electron chi connectivity index (χ4n) is 2.43. The number of aliphatic hydroxyl groups excluding tert-OH is 1. The molecule has 0 radical (unpaired) electrons. The Morgan fingerprint density at radius 2 is 2.14 bits per heavy atom. The van der Waals surface area contributed by atoms with Gasteiger partial charge >= 0.3 is 0 Å². The summed E-state index contributed by atoms with van der Waals surface area (Å²) >= 11 is 0. The van der Waals surface area contributed by atoms with Gasteiger partial charge in [-0.15, -0.1) is 0 Å². The van der Waals surface area contributed by atoms with E-state index in [9.17, 15) is 20.0 Å². The molecule has 0 bridgehead atoms. The summed E-state index contributed by atoms with van der Waals surface area (Å²) in [5.74, 6) is -0.274. The average molecular weight is 293 g/mol. The second kappa shape index (κ2) is 6.64. The Hall–Kier alpha value is -1.99. The van der Waals surface area contributed by atoms with Gasteiger partial charge in [-0.25, -0.2) is 0 Å². The predicted octanol–water partition coefficient (Wildman–Crippen LogP) is 1.30. The molecule has 7 heteroatoms. The van der Waals surface area contributed by atoms with Gasteiger partial charge in [-0.3, -0.25) is 19.8 Å². The van der Waals surface area contributed by atoms with Crippen molar-refractivity contribution in [2.24, 2.45) is 0 Å². The van der Waals surface area contributed by atoms with Gasteiger partial charge in [0.1, 0.15) is 5.69 Å². The quantitative estimate of drug-likeness (QED) is 0.644. The van der Waals surface area contributed by atoms with Crippen LogP contribution in [0.4, 0.5) is 11.4 Å². The van der Waals surface area contributed by atoms with Crippen LogP contribution in [0.25, 0.3) is 0 Å². The van der Waals surface area contributed by atoms with Gasteiger partial charge in [-0.05, 0) is 25.3 Å². The zero-order valence-electron chi connectivity index (χ0n) is 11.9. The molecule has 0 unspecified atom stereocenters. The summed E-state index contributed by atoms with van der Waals surface area (Å²) < 4.78 is 0. The lowest BCUT2D eigenvalue weighted by atomic mass is 10.1. The molecule has 21 heavy (non-hydrogen) atoms. The number of aryl methyl sites for hydroxylation is 1. The molecule has 1 aliphatic rings. The number of nitro groups is 1. The van der Waals surface area contributed by atoms with Crippen molar-refractivity contribution in [3.63, 3.8) is 0 Å². The number of carbonyl (C=O) groups is 1. The number of anilines is 1. The Kier molecular flexibility index (Phi) is 4.87. The van der Waals surface area contributed by atoms with Gasteiger partial charge in [0, 0.05) is 19.2 Å². The SMILES string of the molecule is Cc1cccc([N+](=O)[O-])c1NC(=O)CN1CCC(O)CC1. The highest BCUT2D eigenvalue weighted by Gasteiger charge is 2.21. The van der Waals surface area contributed by atoms with Crippen molar-refractivity contribution in [3.8, 4) is 0 Å². The van der Waals surface area contributed by atoms with E-state index >= 15 is 0 Å². The molecule has 2 rings (SSSR count). The maximum atomic E-state index is 12.1. The smallest absolute Gasteiger partial charge is 0.293 e. The number of hydrogen-bond acceptors (Lipinski definition) is 5. The van der Waals surface area contributed by atoms with E-state index < -0.39 is 4.92 Å². The topological polar surface area (TPSA) is 95.7 Å². The van der Waals surface area contributed by atoms with Crippen molar-refractivity contribution >= 4 is 17.3 Å². The van der Waals surface area contributed by atoms with Crippen LogP contribution in [-0.2, 0) is 4.79 Å². The lowest BCUT2D eigenvalue weighted by molar-refractivity contribution is -0.384. The maximum absolute atomic E-state index is 12.1. The number of para-hydroxylation sites is 1. The second-order valence-corrected chi connectivity index (χ2v) is 5.28. The Bertz CT molecular complexity index is 539. The van der Waals surface area contributed by atoms with E-state index in [0.717, 1.165) is 0 Å². The number of nitrogens with zero attached hydrogens (tertiary/aromatic N) is 2. The molecule has 1 heterocycles. The summed E-state index contributed by atoms with van der Waals surface area (Å²) in [6.45, 7) is 3.22. The van der Waals surface area contributed by atoms with Crippen LogP contribution in [0.3, 0.4) is 0 Å². The monoisotopic (exact) mass is 293 g/mol. The highest BCUT2D eigenvalue weighted by atomic mass is 16.6. The van der Waals surface area contributed by atoms with Crippen LogP contribution in [-0.4, -0.2) is 46.6 Å². The third-order valence-corrected chi connectivity index (χ3v) is 3.64. The minimum absolute atomic E-state index is 0.0996. The summed E-state index contributed by atoms with van der Waals surface area (Å²) in [7, 11) is 0. The molecule has 0 saturated carbocycles. The van der Waals surface area contributed by atoms with Gasteiger partial charge in [-0.2, -0.15) is 0 Å². The average Bonchev–Trinajstić information content (AvgIpc) is 2.43. The number of nitro benzene ring substituents is 1. The molecule has 7 nitrogen and oxygen atoms in total. The van der Waals surface area contributed by atoms with Crippen molar-refractivity contribution in [3.05, 3.63) is 33.9 Å². The van der Waals surface area contributed by atoms with E-state index in [2.05, 4.69) is 5.32 Å². The highest BCUT2D eigenvalue weighted by Crippen LogP contribution is 2.27. The molecule has 0 aliphatic carbocycles. The van der Waals surface area contributed by atoms with Crippen LogP contribution in [0.1, 0.15) is 18.4 Å². The number of carbonyl (C=O) groups excluding carboxylic acids is 1. The van der Waals surface area contributed by atoms with Gasteiger partial charge in [0.05, 0.1) is 17.6 Å². The van der Waals surface area contributed by atoms with Crippen molar-refractivity contribution in [2.75, 3.05) is 25.0 Å². The Balaban J connectivity index is 2.01. The summed E-state index contributed by atoms with van der Waals surface area (Å²) in [5, 5.41) is 23.1. The minimum atomic E-state index is -0.500. The largest absolute Gasteiger partial charge is 0.393 e. The van der Waals surface area contributed by atoms with Crippen LogP contribution >= 0.6 is 0 Å². The van der Waals surface area contributed by atoms with Crippen molar-refractivity contribution in [2.45, 2.75) is 25.9 Å². The molecule has 0 aromatic heterocycles. The standard InChI is InChI=1S/C14H19N3O4/c1-10-3-2-4-12(17(20)21)14(10)15-13(19)9-16-7-5-11(18)6-8-16/h2-4,11,18H,5-9H2,1H3,(H,15,19). The first-order valence-corrected chi connectivity index (χ1v) is 6.91. The van der Waals surface area contributed by atoms with Gasteiger partial charge in [-0.1, -0.05) is 12.1 Å². The number of aliphatic hydroxyl groups is 1. The van der Waals surface area contributed by atoms with E-state index in [-0.39, 0.29) is 29.9 Å². The summed E-state index contributed by atoms with van der Waals surface area (Å²) in [5.41, 5.74) is 0.813. The minimum Gasteiger partial charge on any atom is -0.393 e. The summed E-state index contributed by atoms with van der Waals surface area (Å²) in [6, 6.07) is 4.69. The van der Waals surface area contributed by atoms with Crippen molar-refractivity contribution in [1.29, 1.82) is 0 Å². The van der Waals surface area contributed by atoms with Gasteiger partial charge in [0.2, 0.25) is 5.91 Å². The number of amides is 1. The first-order chi connectivity index (χ1) is 9.97. The van der Waals surface area contributed by atoms with E-state index in [1.54, 1.807) is 19.1 Å². The number of benzene rings is 1. The molecule has 1 fully saturated rings. The van der Waals surface area contributed by atoms with E-state index in [4.69, 9.17) is 0 Å². The molecule has 0 atom stereocenters. The Morgan fingerprint density at radius 1 is 1.48 bits per heavy atom. The molecular formula is C14H19N3O4. The molecule has 1 saturated heterocycles. The molecule has 1 aromatic rings. The molecule has 1 aromatic carbocycles. The first-order valence-electron chi connectivity index (χ1n) is 6.91. The van der Waals surface area contributed by atoms with Gasteiger partial charge < -0.3 is 10.4 Å². The van der Waals surface area contributed by atoms with Crippen LogP contribution in [0, 0.1) is 17.0 Å². The number of hydrogen-bond donors (Lipinski definition) is 2. The Labute approximate surface area is 122 Å². The lowest BCUT2D eigenvalue weighted by Crippen LogP contribution is -2.40. The van der Waals surface area contributed by atoms with Crippen LogP contribution in [0.2, 0.25) is 0 Å². The summed E-state index contributed by atoms with van der Waals surface area (Å²) in [4.78, 5) is 24.5. The molecule has 114 valence electrons. The number of likely N-dealkylation sites (tertiary alicyclic amines) is 1. The third-order valence-electron chi connectivity index (χ3n) is 3.64. The fraction of sp³-hybridized carbons (Fsp3) is 0.500. The lowest BCUT2D eigenvalue weighted by Gasteiger charge is -2.28. The zero-order chi connectivity index (χ0) is 15.4. The van der Waals surface area contributed by atoms with Crippen LogP contribution < -0.4 is 5.32 Å². The molecular weight excluding hydrogens is 274 g/mol. The Morgan fingerprint density at radius 3 is 2.76 bits per heavy atom. The number of nitrogens with one attached hydrogen (secondary N) is 1. The fourth-order valence-corrected chi connectivity index (χ4v) is 2.43. The summed E-state index contributed by atoms with van der Waals surface area (Å²) in [6.07, 6.45) is 1.01. The number of rotatable bonds is 4. The van der Waals surface area contributed by atoms with Crippen LogP contribution in [0.15, 0.2) is 18.2 Å². The third kappa shape index (κ3) is 3.99. The highest BCUT2D eigenvalue weighted by molar-refractivity contribution is 5.95. The van der Waals surface area contributed by atoms with Gasteiger partial charge in [0.25, 0.3) is 5.69 Å². The van der Waals surface area contributed by atoms with Crippen molar-refractivity contribution < 1.29 is 14.8 Å². The van der Waals surface area contributed by atoms with Gasteiger partial charge in [0.15, 0.2) is 0 Å². The second-order valence-electron chi connectivity index (χ2n) is 5.28. The molecule has 1 amide bonds. The zero-order valence-corrected chi connectivity index (χ0v) is 11.9. The molecule has 0 spiro atoms. The van der Waals surface area contributed by atoms with Crippen molar-refractivity contribution in [1.82, 2.24) is 4.90 Å². The predicted molar refractivity (Wildman–Crippen MR) is 78.1 cm³/mol.